The number of Topliss-reactive ketones (excluding diaryl/α,β-unsaturated/α-hetero) is 1. The summed E-state index contributed by atoms with van der Waals surface area (Å²) in [6.07, 6.45) is 4.25. The van der Waals surface area contributed by atoms with Crippen LogP contribution in [-0.2, 0) is 6.54 Å². The Hall–Kier alpha value is -1.39. The summed E-state index contributed by atoms with van der Waals surface area (Å²) in [6.45, 7) is 1.40. The van der Waals surface area contributed by atoms with Crippen LogP contribution < -0.4 is 0 Å². The van der Waals surface area contributed by atoms with Gasteiger partial charge in [0.2, 0.25) is 0 Å². The first kappa shape index (κ1) is 11.7. The molecule has 3 nitrogen and oxygen atoms in total. The Kier molecular flexibility index (Phi) is 3.30. The lowest BCUT2D eigenvalue weighted by atomic mass is 10.2. The highest BCUT2D eigenvalue weighted by Crippen LogP contribution is 2.28. The second-order valence-electron chi connectivity index (χ2n) is 4.77. The number of carbonyl (C=O) groups is 1. The van der Waals surface area contributed by atoms with Gasteiger partial charge in [-0.05, 0) is 47.4 Å². The number of ketones is 1. The summed E-state index contributed by atoms with van der Waals surface area (Å²) in [5.74, 6) is 0.183. The van der Waals surface area contributed by atoms with Crippen molar-refractivity contribution < 1.29 is 4.79 Å². The maximum absolute atomic E-state index is 12.1. The minimum Gasteiger partial charge on any atom is -0.359 e. The van der Waals surface area contributed by atoms with Gasteiger partial charge in [0, 0.05) is 18.8 Å². The molecule has 1 aliphatic rings. The molecule has 2 aromatic rings. The molecule has 4 heteroatoms. The molecule has 0 aliphatic heterocycles. The second-order valence-corrected chi connectivity index (χ2v) is 5.55. The highest BCUT2D eigenvalue weighted by Gasteiger charge is 2.30. The average molecular weight is 260 g/mol. The van der Waals surface area contributed by atoms with Crippen molar-refractivity contribution in [2.45, 2.75) is 25.4 Å². The standard InChI is InChI=1S/C14H16N2OS/c17-14(13-2-1-6-15-13)9-16(12-3-4-12)8-11-5-7-18-10-11/h1-2,5-7,10,12,15H,3-4,8-9H2. The van der Waals surface area contributed by atoms with E-state index in [2.05, 4.69) is 26.7 Å². The van der Waals surface area contributed by atoms with Crippen molar-refractivity contribution in [3.63, 3.8) is 0 Å². The Labute approximate surface area is 110 Å². The Morgan fingerprint density at radius 1 is 1.44 bits per heavy atom. The van der Waals surface area contributed by atoms with Gasteiger partial charge in [-0.25, -0.2) is 0 Å². The van der Waals surface area contributed by atoms with Crippen LogP contribution >= 0.6 is 11.3 Å². The molecule has 18 heavy (non-hydrogen) atoms. The van der Waals surface area contributed by atoms with E-state index in [1.165, 1.54) is 18.4 Å². The fourth-order valence-corrected chi connectivity index (χ4v) is 2.80. The Bertz CT molecular complexity index is 500. The van der Waals surface area contributed by atoms with Crippen LogP contribution in [0.25, 0.3) is 0 Å². The molecule has 94 valence electrons. The predicted octanol–water partition coefficient (Wildman–Crippen LogP) is 2.92. The number of rotatable bonds is 6. The Balaban J connectivity index is 1.65. The van der Waals surface area contributed by atoms with Gasteiger partial charge in [-0.2, -0.15) is 11.3 Å². The highest BCUT2D eigenvalue weighted by molar-refractivity contribution is 7.07. The van der Waals surface area contributed by atoms with Crippen molar-refractivity contribution in [1.29, 1.82) is 0 Å². The molecule has 0 radical (unpaired) electrons. The molecular weight excluding hydrogens is 244 g/mol. The van der Waals surface area contributed by atoms with E-state index in [0.717, 1.165) is 6.54 Å². The first-order valence-electron chi connectivity index (χ1n) is 6.24. The first-order chi connectivity index (χ1) is 8.83. The van der Waals surface area contributed by atoms with Gasteiger partial charge in [0.1, 0.15) is 0 Å². The summed E-state index contributed by atoms with van der Waals surface area (Å²) >= 11 is 1.71. The SMILES string of the molecule is O=C(CN(Cc1ccsc1)C1CC1)c1ccc[nH]1. The zero-order valence-corrected chi connectivity index (χ0v) is 11.0. The van der Waals surface area contributed by atoms with E-state index < -0.39 is 0 Å². The Morgan fingerprint density at radius 2 is 2.33 bits per heavy atom. The largest absolute Gasteiger partial charge is 0.359 e. The van der Waals surface area contributed by atoms with Gasteiger partial charge in [-0.15, -0.1) is 0 Å². The van der Waals surface area contributed by atoms with Gasteiger partial charge in [-0.3, -0.25) is 9.69 Å². The van der Waals surface area contributed by atoms with Crippen molar-refractivity contribution in [2.75, 3.05) is 6.54 Å². The van der Waals surface area contributed by atoms with Crippen LogP contribution in [0, 0.1) is 0 Å². The average Bonchev–Trinajstić information content (AvgIpc) is 2.88. The molecule has 1 saturated carbocycles. The molecule has 0 unspecified atom stereocenters. The van der Waals surface area contributed by atoms with Crippen molar-refractivity contribution in [3.8, 4) is 0 Å². The van der Waals surface area contributed by atoms with E-state index in [9.17, 15) is 4.79 Å². The van der Waals surface area contributed by atoms with E-state index >= 15 is 0 Å². The molecule has 3 rings (SSSR count). The summed E-state index contributed by atoms with van der Waals surface area (Å²) < 4.78 is 0. The third kappa shape index (κ3) is 2.71. The lowest BCUT2D eigenvalue weighted by Gasteiger charge is -2.20. The van der Waals surface area contributed by atoms with Crippen LogP contribution in [0.15, 0.2) is 35.2 Å². The molecule has 0 bridgehead atoms. The maximum Gasteiger partial charge on any atom is 0.192 e. The highest BCUT2D eigenvalue weighted by atomic mass is 32.1. The fraction of sp³-hybridized carbons (Fsp3) is 0.357. The summed E-state index contributed by atoms with van der Waals surface area (Å²) in [5, 5.41) is 4.25. The van der Waals surface area contributed by atoms with Gasteiger partial charge in [0.15, 0.2) is 5.78 Å². The molecule has 2 heterocycles. The molecule has 0 aromatic carbocycles. The quantitative estimate of drug-likeness (QED) is 0.811. The molecular formula is C14H16N2OS. The minimum atomic E-state index is 0.183. The van der Waals surface area contributed by atoms with Crippen molar-refractivity contribution >= 4 is 17.1 Å². The normalized spacial score (nSPS) is 15.2. The molecule has 1 aliphatic carbocycles. The summed E-state index contributed by atoms with van der Waals surface area (Å²) in [6, 6.07) is 6.45. The van der Waals surface area contributed by atoms with Crippen molar-refractivity contribution in [2.24, 2.45) is 0 Å². The van der Waals surface area contributed by atoms with E-state index in [1.807, 2.05) is 12.1 Å². The number of hydrogen-bond donors (Lipinski definition) is 1. The number of aromatic nitrogens is 1. The van der Waals surface area contributed by atoms with Crippen molar-refractivity contribution in [1.82, 2.24) is 9.88 Å². The zero-order valence-electron chi connectivity index (χ0n) is 10.1. The number of carbonyl (C=O) groups excluding carboxylic acids is 1. The molecule has 0 saturated heterocycles. The fourth-order valence-electron chi connectivity index (χ4n) is 2.14. The van der Waals surface area contributed by atoms with Gasteiger partial charge < -0.3 is 4.98 Å². The van der Waals surface area contributed by atoms with Gasteiger partial charge in [0.25, 0.3) is 0 Å². The lowest BCUT2D eigenvalue weighted by molar-refractivity contribution is 0.0915. The lowest BCUT2D eigenvalue weighted by Crippen LogP contribution is -2.31. The molecule has 1 fully saturated rings. The third-order valence-corrected chi connectivity index (χ3v) is 4.01. The number of H-pyrrole nitrogens is 1. The maximum atomic E-state index is 12.1. The van der Waals surface area contributed by atoms with E-state index in [4.69, 9.17) is 0 Å². The molecule has 2 aromatic heterocycles. The molecule has 1 N–H and O–H groups in total. The van der Waals surface area contributed by atoms with Crippen LogP contribution in [0.2, 0.25) is 0 Å². The number of hydrogen-bond acceptors (Lipinski definition) is 3. The third-order valence-electron chi connectivity index (χ3n) is 3.27. The van der Waals surface area contributed by atoms with Crippen molar-refractivity contribution in [3.05, 3.63) is 46.4 Å². The van der Waals surface area contributed by atoms with E-state index in [0.29, 0.717) is 18.3 Å². The summed E-state index contributed by atoms with van der Waals surface area (Å²) in [4.78, 5) is 17.4. The van der Waals surface area contributed by atoms with E-state index in [1.54, 1.807) is 17.5 Å². The number of aromatic amines is 1. The monoisotopic (exact) mass is 260 g/mol. The topological polar surface area (TPSA) is 36.1 Å². The van der Waals surface area contributed by atoms with Gasteiger partial charge >= 0.3 is 0 Å². The summed E-state index contributed by atoms with van der Waals surface area (Å²) in [7, 11) is 0. The number of thiophene rings is 1. The molecule has 0 atom stereocenters. The summed E-state index contributed by atoms with van der Waals surface area (Å²) in [5.41, 5.74) is 2.03. The smallest absolute Gasteiger partial charge is 0.192 e. The zero-order chi connectivity index (χ0) is 12.4. The van der Waals surface area contributed by atoms with Gasteiger partial charge in [0.05, 0.1) is 12.2 Å². The minimum absolute atomic E-state index is 0.183. The Morgan fingerprint density at radius 3 is 2.94 bits per heavy atom. The van der Waals surface area contributed by atoms with Crippen LogP contribution in [0.4, 0.5) is 0 Å². The van der Waals surface area contributed by atoms with E-state index in [-0.39, 0.29) is 5.78 Å². The van der Waals surface area contributed by atoms with Crippen LogP contribution in [0.3, 0.4) is 0 Å². The first-order valence-corrected chi connectivity index (χ1v) is 7.19. The number of nitrogens with one attached hydrogen (secondary N) is 1. The van der Waals surface area contributed by atoms with Crippen LogP contribution in [0.5, 0.6) is 0 Å². The van der Waals surface area contributed by atoms with Crippen LogP contribution in [-0.4, -0.2) is 28.3 Å². The predicted molar refractivity (Wildman–Crippen MR) is 72.9 cm³/mol. The van der Waals surface area contributed by atoms with Gasteiger partial charge in [-0.1, -0.05) is 0 Å². The number of nitrogens with zero attached hydrogens (tertiary/aromatic N) is 1. The second kappa shape index (κ2) is 5.08. The molecule has 0 spiro atoms. The van der Waals surface area contributed by atoms with Crippen LogP contribution in [0.1, 0.15) is 28.9 Å². The molecule has 0 amide bonds.